The van der Waals surface area contributed by atoms with Crippen molar-refractivity contribution < 1.29 is 29.3 Å². The van der Waals surface area contributed by atoms with Crippen LogP contribution >= 0.6 is 0 Å². The van der Waals surface area contributed by atoms with E-state index >= 15 is 0 Å². The number of aliphatic hydroxyl groups is 1. The lowest BCUT2D eigenvalue weighted by Crippen LogP contribution is -2.59. The lowest BCUT2D eigenvalue weighted by molar-refractivity contribution is -0.147. The summed E-state index contributed by atoms with van der Waals surface area (Å²) in [5.41, 5.74) is 0. The zero-order valence-electron chi connectivity index (χ0n) is 10.9. The quantitative estimate of drug-likeness (QED) is 0.436. The van der Waals surface area contributed by atoms with E-state index in [9.17, 15) is 14.7 Å². The summed E-state index contributed by atoms with van der Waals surface area (Å²) >= 11 is 0. The molecule has 2 unspecified atom stereocenters. The van der Waals surface area contributed by atoms with Crippen LogP contribution in [0.1, 0.15) is 0 Å². The van der Waals surface area contributed by atoms with Crippen LogP contribution in [0, 0.1) is 0 Å². The lowest BCUT2D eigenvalue weighted by Gasteiger charge is -2.33. The first-order valence-electron chi connectivity index (χ1n) is 6.03. The Hall–Kier alpha value is -1.22. The highest BCUT2D eigenvalue weighted by Crippen LogP contribution is 2.06. The minimum Gasteiger partial charge on any atom is -0.480 e. The van der Waals surface area contributed by atoms with Gasteiger partial charge < -0.3 is 25.0 Å². The maximum absolute atomic E-state index is 11.2. The molecule has 1 aliphatic rings. The van der Waals surface area contributed by atoms with Gasteiger partial charge in [-0.25, -0.2) is 0 Å². The summed E-state index contributed by atoms with van der Waals surface area (Å²) in [6, 6.07) is -0.814. The van der Waals surface area contributed by atoms with Crippen molar-refractivity contribution in [3.63, 3.8) is 0 Å². The second kappa shape index (κ2) is 8.05. The third-order valence-corrected chi connectivity index (χ3v) is 2.75. The van der Waals surface area contributed by atoms with Gasteiger partial charge in [-0.05, 0) is 0 Å². The number of carboxylic acids is 1. The van der Waals surface area contributed by atoms with Crippen LogP contribution in [0.25, 0.3) is 0 Å². The minimum absolute atomic E-state index is 0.0356. The molecule has 1 saturated heterocycles. The van der Waals surface area contributed by atoms with Crippen molar-refractivity contribution in [1.82, 2.24) is 10.2 Å². The molecule has 0 aliphatic carbocycles. The molecule has 19 heavy (non-hydrogen) atoms. The number of amides is 1. The molecule has 0 saturated carbocycles. The van der Waals surface area contributed by atoms with Gasteiger partial charge >= 0.3 is 5.97 Å². The molecule has 1 rings (SSSR count). The first-order valence-corrected chi connectivity index (χ1v) is 6.03. The molecule has 0 aromatic heterocycles. The second-order valence-corrected chi connectivity index (χ2v) is 4.31. The van der Waals surface area contributed by atoms with Crippen LogP contribution in [0.4, 0.5) is 0 Å². The molecule has 1 amide bonds. The molecule has 2 atom stereocenters. The highest BCUT2D eigenvalue weighted by atomic mass is 16.5. The van der Waals surface area contributed by atoms with Crippen molar-refractivity contribution in [1.29, 1.82) is 0 Å². The molecule has 0 radical (unpaired) electrons. The van der Waals surface area contributed by atoms with Crippen LogP contribution in [0.15, 0.2) is 0 Å². The smallest absolute Gasteiger partial charge is 0.322 e. The van der Waals surface area contributed by atoms with E-state index in [1.807, 2.05) is 0 Å². The van der Waals surface area contributed by atoms with Crippen molar-refractivity contribution in [3.8, 4) is 0 Å². The van der Waals surface area contributed by atoms with E-state index in [0.717, 1.165) is 0 Å². The summed E-state index contributed by atoms with van der Waals surface area (Å²) in [7, 11) is 1.55. The predicted molar refractivity (Wildman–Crippen MR) is 64.7 cm³/mol. The summed E-state index contributed by atoms with van der Waals surface area (Å²) in [5.74, 6) is -1.27. The van der Waals surface area contributed by atoms with Gasteiger partial charge in [0.15, 0.2) is 0 Å². The molecule has 110 valence electrons. The Morgan fingerprint density at radius 3 is 2.95 bits per heavy atom. The van der Waals surface area contributed by atoms with Crippen LogP contribution in [0.3, 0.4) is 0 Å². The van der Waals surface area contributed by atoms with E-state index in [0.29, 0.717) is 13.2 Å². The zero-order valence-corrected chi connectivity index (χ0v) is 10.9. The van der Waals surface area contributed by atoms with Gasteiger partial charge in [-0.2, -0.15) is 0 Å². The Balaban J connectivity index is 2.38. The first-order chi connectivity index (χ1) is 9.04. The Kier molecular flexibility index (Phi) is 6.71. The Morgan fingerprint density at radius 1 is 1.58 bits per heavy atom. The van der Waals surface area contributed by atoms with Crippen LogP contribution < -0.4 is 5.32 Å². The maximum Gasteiger partial charge on any atom is 0.322 e. The van der Waals surface area contributed by atoms with Crippen LogP contribution in [-0.2, 0) is 19.1 Å². The number of carboxylic acid groups (broad SMARTS) is 1. The molecule has 0 spiro atoms. The third-order valence-electron chi connectivity index (χ3n) is 2.75. The van der Waals surface area contributed by atoms with Gasteiger partial charge in [0.1, 0.15) is 6.04 Å². The molecule has 0 bridgehead atoms. The number of aliphatic carboxylic acids is 1. The van der Waals surface area contributed by atoms with Gasteiger partial charge in [0, 0.05) is 20.2 Å². The number of β-amino-alcohol motifs (C(OH)–C–C–N with tert-alkyl or cyclic N) is 1. The molecule has 1 heterocycles. The number of nitrogens with zero attached hydrogens (tertiary/aromatic N) is 1. The van der Waals surface area contributed by atoms with Gasteiger partial charge in [-0.3, -0.25) is 14.5 Å². The second-order valence-electron chi connectivity index (χ2n) is 4.31. The number of rotatable bonds is 8. The number of piperazine rings is 1. The minimum atomic E-state index is -1.02. The summed E-state index contributed by atoms with van der Waals surface area (Å²) < 4.78 is 9.94. The fourth-order valence-corrected chi connectivity index (χ4v) is 1.81. The van der Waals surface area contributed by atoms with Crippen molar-refractivity contribution in [3.05, 3.63) is 0 Å². The first kappa shape index (κ1) is 15.8. The van der Waals surface area contributed by atoms with Crippen molar-refractivity contribution in [2.45, 2.75) is 12.1 Å². The Morgan fingerprint density at radius 2 is 2.32 bits per heavy atom. The van der Waals surface area contributed by atoms with E-state index in [-0.39, 0.29) is 32.1 Å². The Bertz CT molecular complexity index is 312. The van der Waals surface area contributed by atoms with Crippen molar-refractivity contribution >= 4 is 11.9 Å². The number of ether oxygens (including phenoxy) is 2. The molecule has 8 heteroatoms. The maximum atomic E-state index is 11.2. The third kappa shape index (κ3) is 5.52. The molecule has 1 aliphatic heterocycles. The average molecular weight is 276 g/mol. The number of carbonyl (C=O) groups is 2. The number of methoxy groups -OCH3 is 1. The average Bonchev–Trinajstić information content (AvgIpc) is 2.34. The molecular weight excluding hydrogens is 256 g/mol. The predicted octanol–water partition coefficient (Wildman–Crippen LogP) is -2.10. The van der Waals surface area contributed by atoms with E-state index in [2.05, 4.69) is 5.32 Å². The van der Waals surface area contributed by atoms with E-state index in [1.165, 1.54) is 4.90 Å². The Labute approximate surface area is 111 Å². The normalized spacial score (nSPS) is 22.0. The standard InChI is InChI=1S/C11H20N2O6/c1-18-2-3-19-7-8(14)5-13-6-10(15)12-4-9(13)11(16)17/h8-9,14H,2-7H2,1H3,(H,12,15)(H,16,17). The topological polar surface area (TPSA) is 108 Å². The molecule has 8 nitrogen and oxygen atoms in total. The van der Waals surface area contributed by atoms with Crippen LogP contribution in [0.5, 0.6) is 0 Å². The van der Waals surface area contributed by atoms with Gasteiger partial charge in [0.2, 0.25) is 5.91 Å². The lowest BCUT2D eigenvalue weighted by atomic mass is 10.1. The number of hydrogen-bond acceptors (Lipinski definition) is 6. The fourth-order valence-electron chi connectivity index (χ4n) is 1.81. The summed E-state index contributed by atoms with van der Waals surface area (Å²) in [6.07, 6.45) is -0.843. The summed E-state index contributed by atoms with van der Waals surface area (Å²) in [6.45, 7) is 0.954. The summed E-state index contributed by atoms with van der Waals surface area (Å²) in [5, 5.41) is 21.3. The molecule has 3 N–H and O–H groups in total. The van der Waals surface area contributed by atoms with E-state index in [1.54, 1.807) is 7.11 Å². The van der Waals surface area contributed by atoms with Gasteiger partial charge in [0.05, 0.1) is 32.5 Å². The highest BCUT2D eigenvalue weighted by molar-refractivity contribution is 5.83. The monoisotopic (exact) mass is 276 g/mol. The van der Waals surface area contributed by atoms with Crippen molar-refractivity contribution in [2.75, 3.05) is 46.6 Å². The largest absolute Gasteiger partial charge is 0.480 e. The van der Waals surface area contributed by atoms with E-state index in [4.69, 9.17) is 14.6 Å². The van der Waals surface area contributed by atoms with E-state index < -0.39 is 18.1 Å². The van der Waals surface area contributed by atoms with Crippen LogP contribution in [0.2, 0.25) is 0 Å². The SMILES string of the molecule is COCCOCC(O)CN1CC(=O)NCC1C(=O)O. The number of carbonyl (C=O) groups excluding carboxylic acids is 1. The molecule has 1 fully saturated rings. The zero-order chi connectivity index (χ0) is 14.3. The fraction of sp³-hybridized carbons (Fsp3) is 0.818. The number of nitrogens with one attached hydrogen (secondary N) is 1. The van der Waals surface area contributed by atoms with Gasteiger partial charge in [-0.1, -0.05) is 0 Å². The molecule has 0 aromatic rings. The van der Waals surface area contributed by atoms with Gasteiger partial charge in [-0.15, -0.1) is 0 Å². The molecule has 0 aromatic carbocycles. The summed E-state index contributed by atoms with van der Waals surface area (Å²) in [4.78, 5) is 23.7. The number of hydrogen-bond donors (Lipinski definition) is 3. The molecular formula is C11H20N2O6. The van der Waals surface area contributed by atoms with Crippen molar-refractivity contribution in [2.24, 2.45) is 0 Å². The number of aliphatic hydroxyl groups excluding tert-OH is 1. The van der Waals surface area contributed by atoms with Gasteiger partial charge in [0.25, 0.3) is 0 Å². The van der Waals surface area contributed by atoms with Crippen LogP contribution in [-0.4, -0.2) is 85.7 Å². The highest BCUT2D eigenvalue weighted by Gasteiger charge is 2.32.